The summed E-state index contributed by atoms with van der Waals surface area (Å²) in [5.74, 6) is -0.315. The van der Waals surface area contributed by atoms with Gasteiger partial charge in [0.25, 0.3) is 0 Å². The number of nitrogens with zero attached hydrogens (tertiary/aromatic N) is 2. The van der Waals surface area contributed by atoms with E-state index >= 15 is 0 Å². The number of halogens is 1. The quantitative estimate of drug-likeness (QED) is 0.900. The zero-order chi connectivity index (χ0) is 15.5. The molecule has 0 unspecified atom stereocenters. The average molecular weight is 307 g/mol. The molecule has 0 saturated carbocycles. The van der Waals surface area contributed by atoms with Gasteiger partial charge in [-0.2, -0.15) is 0 Å². The molecule has 114 valence electrons. The van der Waals surface area contributed by atoms with Gasteiger partial charge in [0.15, 0.2) is 5.82 Å². The normalized spacial score (nSPS) is 11.9. The van der Waals surface area contributed by atoms with Crippen LogP contribution in [0.2, 0.25) is 0 Å². The third kappa shape index (κ3) is 4.32. The van der Waals surface area contributed by atoms with E-state index in [2.05, 4.69) is 43.0 Å². The number of thiazole rings is 1. The van der Waals surface area contributed by atoms with Gasteiger partial charge in [-0.1, -0.05) is 13.3 Å². The number of aromatic nitrogens is 2. The summed E-state index contributed by atoms with van der Waals surface area (Å²) in [5, 5.41) is 4.22. The highest BCUT2D eigenvalue weighted by atomic mass is 32.1. The summed E-state index contributed by atoms with van der Waals surface area (Å²) in [4.78, 5) is 9.63. The van der Waals surface area contributed by atoms with Crippen molar-refractivity contribution in [2.24, 2.45) is 0 Å². The van der Waals surface area contributed by atoms with Crippen molar-refractivity contribution in [3.8, 4) is 10.6 Å². The fourth-order valence-corrected chi connectivity index (χ4v) is 3.04. The third-order valence-corrected chi connectivity index (χ3v) is 4.18. The number of aryl methyl sites for hydroxylation is 1. The molecule has 2 rings (SSSR count). The van der Waals surface area contributed by atoms with Gasteiger partial charge in [-0.05, 0) is 33.3 Å². The van der Waals surface area contributed by atoms with E-state index in [1.54, 1.807) is 23.6 Å². The van der Waals surface area contributed by atoms with Gasteiger partial charge in [-0.25, -0.2) is 9.37 Å². The SMILES string of the molecule is CCCc1nc(-c2ccncc2F)sc1CNC(C)(C)C. The van der Waals surface area contributed by atoms with E-state index in [1.165, 1.54) is 11.1 Å². The van der Waals surface area contributed by atoms with Crippen LogP contribution in [0.15, 0.2) is 18.5 Å². The van der Waals surface area contributed by atoms with Gasteiger partial charge in [-0.15, -0.1) is 11.3 Å². The van der Waals surface area contributed by atoms with Crippen LogP contribution in [0, 0.1) is 5.82 Å². The van der Waals surface area contributed by atoms with Gasteiger partial charge >= 0.3 is 0 Å². The van der Waals surface area contributed by atoms with Crippen LogP contribution in [0.25, 0.3) is 10.6 Å². The summed E-state index contributed by atoms with van der Waals surface area (Å²) < 4.78 is 13.9. The Labute approximate surface area is 129 Å². The molecule has 5 heteroatoms. The fourth-order valence-electron chi connectivity index (χ4n) is 1.96. The molecule has 0 saturated heterocycles. The molecular formula is C16H22FN3S. The summed E-state index contributed by atoms with van der Waals surface area (Å²) in [6.45, 7) is 9.31. The zero-order valence-electron chi connectivity index (χ0n) is 13.0. The van der Waals surface area contributed by atoms with Gasteiger partial charge in [0.05, 0.1) is 11.9 Å². The molecule has 2 aromatic heterocycles. The molecule has 0 aliphatic carbocycles. The van der Waals surface area contributed by atoms with Crippen molar-refractivity contribution in [3.05, 3.63) is 34.8 Å². The highest BCUT2D eigenvalue weighted by Crippen LogP contribution is 2.30. The minimum Gasteiger partial charge on any atom is -0.307 e. The summed E-state index contributed by atoms with van der Waals surface area (Å²) in [6, 6.07) is 1.69. The Balaban J connectivity index is 2.30. The molecule has 0 atom stereocenters. The molecule has 0 aliphatic heterocycles. The summed E-state index contributed by atoms with van der Waals surface area (Å²) in [5.41, 5.74) is 1.66. The largest absolute Gasteiger partial charge is 0.307 e. The first-order chi connectivity index (χ1) is 9.90. The molecule has 2 aromatic rings. The molecule has 21 heavy (non-hydrogen) atoms. The summed E-state index contributed by atoms with van der Waals surface area (Å²) in [6.07, 6.45) is 4.80. The monoisotopic (exact) mass is 307 g/mol. The number of nitrogens with one attached hydrogen (secondary N) is 1. The van der Waals surface area contributed by atoms with Crippen molar-refractivity contribution >= 4 is 11.3 Å². The van der Waals surface area contributed by atoms with Crippen molar-refractivity contribution in [1.82, 2.24) is 15.3 Å². The minimum atomic E-state index is -0.315. The van der Waals surface area contributed by atoms with E-state index in [-0.39, 0.29) is 11.4 Å². The maximum Gasteiger partial charge on any atom is 0.151 e. The second kappa shape index (κ2) is 6.62. The second-order valence-electron chi connectivity index (χ2n) is 6.10. The lowest BCUT2D eigenvalue weighted by Crippen LogP contribution is -2.35. The van der Waals surface area contributed by atoms with Crippen LogP contribution in [0.1, 0.15) is 44.7 Å². The Morgan fingerprint density at radius 2 is 2.10 bits per heavy atom. The predicted molar refractivity (Wildman–Crippen MR) is 85.9 cm³/mol. The second-order valence-corrected chi connectivity index (χ2v) is 7.18. The van der Waals surface area contributed by atoms with Gasteiger partial charge < -0.3 is 5.32 Å². The van der Waals surface area contributed by atoms with Gasteiger partial charge in [0, 0.05) is 28.7 Å². The Morgan fingerprint density at radius 3 is 2.71 bits per heavy atom. The standard InChI is InChI=1S/C16H22FN3S/c1-5-6-13-14(10-19-16(2,3)4)21-15(20-13)11-7-8-18-9-12(11)17/h7-9,19H,5-6,10H2,1-4H3. The first-order valence-electron chi connectivity index (χ1n) is 7.24. The van der Waals surface area contributed by atoms with E-state index in [4.69, 9.17) is 0 Å². The topological polar surface area (TPSA) is 37.8 Å². The van der Waals surface area contributed by atoms with Crippen molar-refractivity contribution < 1.29 is 4.39 Å². The molecule has 1 N–H and O–H groups in total. The molecule has 0 bridgehead atoms. The van der Waals surface area contributed by atoms with Crippen LogP contribution in [-0.2, 0) is 13.0 Å². The maximum atomic E-state index is 13.9. The number of hydrogen-bond donors (Lipinski definition) is 1. The smallest absolute Gasteiger partial charge is 0.151 e. The molecule has 2 heterocycles. The molecule has 0 aliphatic rings. The van der Waals surface area contributed by atoms with E-state index in [9.17, 15) is 4.39 Å². The van der Waals surface area contributed by atoms with Crippen molar-refractivity contribution in [2.75, 3.05) is 0 Å². The van der Waals surface area contributed by atoms with E-state index < -0.39 is 0 Å². The first kappa shape index (κ1) is 16.0. The fraction of sp³-hybridized carbons (Fsp3) is 0.500. The van der Waals surface area contributed by atoms with Crippen LogP contribution < -0.4 is 5.32 Å². The Morgan fingerprint density at radius 1 is 1.33 bits per heavy atom. The number of hydrogen-bond acceptors (Lipinski definition) is 4. The Bertz CT molecular complexity index is 602. The molecule has 0 spiro atoms. The Hall–Kier alpha value is -1.33. The lowest BCUT2D eigenvalue weighted by molar-refractivity contribution is 0.425. The molecule has 0 fully saturated rings. The molecule has 0 radical (unpaired) electrons. The molecule has 0 aromatic carbocycles. The highest BCUT2D eigenvalue weighted by Gasteiger charge is 2.16. The predicted octanol–water partition coefficient (Wildman–Crippen LogP) is 4.18. The summed E-state index contributed by atoms with van der Waals surface area (Å²) >= 11 is 1.57. The van der Waals surface area contributed by atoms with Crippen LogP contribution >= 0.6 is 11.3 Å². The lowest BCUT2D eigenvalue weighted by atomic mass is 10.1. The highest BCUT2D eigenvalue weighted by molar-refractivity contribution is 7.15. The lowest BCUT2D eigenvalue weighted by Gasteiger charge is -2.20. The van der Waals surface area contributed by atoms with Crippen molar-refractivity contribution in [3.63, 3.8) is 0 Å². The first-order valence-corrected chi connectivity index (χ1v) is 8.06. The van der Waals surface area contributed by atoms with Gasteiger partial charge in [-0.3, -0.25) is 4.98 Å². The van der Waals surface area contributed by atoms with Crippen LogP contribution in [0.5, 0.6) is 0 Å². The summed E-state index contributed by atoms with van der Waals surface area (Å²) in [7, 11) is 0. The molecule has 0 amide bonds. The van der Waals surface area contributed by atoms with E-state index in [0.29, 0.717) is 5.56 Å². The van der Waals surface area contributed by atoms with Crippen LogP contribution in [0.4, 0.5) is 4.39 Å². The number of pyridine rings is 1. The maximum absolute atomic E-state index is 13.9. The van der Waals surface area contributed by atoms with Crippen LogP contribution in [0.3, 0.4) is 0 Å². The number of rotatable bonds is 5. The Kier molecular flexibility index (Phi) is 5.06. The van der Waals surface area contributed by atoms with Crippen molar-refractivity contribution in [1.29, 1.82) is 0 Å². The van der Waals surface area contributed by atoms with Gasteiger partial charge in [0.2, 0.25) is 0 Å². The molecule has 3 nitrogen and oxygen atoms in total. The van der Waals surface area contributed by atoms with E-state index in [0.717, 1.165) is 30.1 Å². The van der Waals surface area contributed by atoms with E-state index in [1.807, 2.05) is 0 Å². The third-order valence-electron chi connectivity index (χ3n) is 3.05. The van der Waals surface area contributed by atoms with Crippen LogP contribution in [-0.4, -0.2) is 15.5 Å². The zero-order valence-corrected chi connectivity index (χ0v) is 13.9. The average Bonchev–Trinajstić information content (AvgIpc) is 2.80. The minimum absolute atomic E-state index is 0.0511. The van der Waals surface area contributed by atoms with Gasteiger partial charge in [0.1, 0.15) is 5.01 Å². The molecular weight excluding hydrogens is 285 g/mol. The van der Waals surface area contributed by atoms with Crippen molar-refractivity contribution in [2.45, 2.75) is 52.6 Å².